The van der Waals surface area contributed by atoms with Crippen LogP contribution < -0.4 is 5.32 Å². The van der Waals surface area contributed by atoms with E-state index in [9.17, 15) is 0 Å². The summed E-state index contributed by atoms with van der Waals surface area (Å²) < 4.78 is 6.21. The van der Waals surface area contributed by atoms with Crippen molar-refractivity contribution in [2.24, 2.45) is 5.92 Å². The van der Waals surface area contributed by atoms with E-state index >= 15 is 0 Å². The molecular formula is C29H57NO. The third-order valence-electron chi connectivity index (χ3n) is 7.17. The van der Waals surface area contributed by atoms with Crippen LogP contribution in [0.2, 0.25) is 0 Å². The Morgan fingerprint density at radius 1 is 0.677 bits per heavy atom. The van der Waals surface area contributed by atoms with Gasteiger partial charge in [-0.3, -0.25) is 0 Å². The second-order valence-corrected chi connectivity index (χ2v) is 11.3. The zero-order valence-corrected chi connectivity index (χ0v) is 22.3. The lowest BCUT2D eigenvalue weighted by Crippen LogP contribution is -2.58. The minimum atomic E-state index is 0.0135. The lowest BCUT2D eigenvalue weighted by Gasteiger charge is -2.45. The van der Waals surface area contributed by atoms with Crippen LogP contribution in [0.25, 0.3) is 0 Å². The van der Waals surface area contributed by atoms with E-state index in [1.54, 1.807) is 0 Å². The fourth-order valence-electron chi connectivity index (χ4n) is 4.99. The molecule has 1 unspecified atom stereocenters. The van der Waals surface area contributed by atoms with Crippen molar-refractivity contribution in [3.05, 3.63) is 11.8 Å². The molecule has 0 bridgehead atoms. The lowest BCUT2D eigenvalue weighted by molar-refractivity contribution is 0.108. The first-order valence-corrected chi connectivity index (χ1v) is 13.9. The third kappa shape index (κ3) is 13.6. The zero-order valence-electron chi connectivity index (χ0n) is 22.3. The van der Waals surface area contributed by atoms with Crippen LogP contribution in [0.5, 0.6) is 0 Å². The Morgan fingerprint density at radius 2 is 1.06 bits per heavy atom. The van der Waals surface area contributed by atoms with Gasteiger partial charge in [0.25, 0.3) is 0 Å². The smallest absolute Gasteiger partial charge is 0.0984 e. The van der Waals surface area contributed by atoms with Crippen molar-refractivity contribution in [3.63, 3.8) is 0 Å². The maximum Gasteiger partial charge on any atom is 0.0984 e. The molecule has 0 spiro atoms. The van der Waals surface area contributed by atoms with Gasteiger partial charge in [0, 0.05) is 17.0 Å². The van der Waals surface area contributed by atoms with E-state index in [0.29, 0.717) is 5.92 Å². The maximum atomic E-state index is 6.21. The monoisotopic (exact) mass is 435 g/mol. The molecule has 184 valence electrons. The Bertz CT molecular complexity index is 465. The van der Waals surface area contributed by atoms with Crippen molar-refractivity contribution >= 4 is 0 Å². The fourth-order valence-corrected chi connectivity index (χ4v) is 4.99. The molecule has 0 aromatic rings. The van der Waals surface area contributed by atoms with Gasteiger partial charge in [0.05, 0.1) is 12.4 Å². The summed E-state index contributed by atoms with van der Waals surface area (Å²) in [4.78, 5) is 0. The van der Waals surface area contributed by atoms with Crippen LogP contribution in [0.4, 0.5) is 0 Å². The van der Waals surface area contributed by atoms with Gasteiger partial charge in [-0.1, -0.05) is 117 Å². The summed E-state index contributed by atoms with van der Waals surface area (Å²) >= 11 is 0. The first-order chi connectivity index (χ1) is 14.8. The molecule has 1 aliphatic rings. The van der Waals surface area contributed by atoms with Gasteiger partial charge in [-0.2, -0.15) is 0 Å². The maximum absolute atomic E-state index is 6.21. The number of unbranched alkanes of at least 4 members (excludes halogenated alkanes) is 16. The minimum Gasteiger partial charge on any atom is -0.498 e. The van der Waals surface area contributed by atoms with Crippen molar-refractivity contribution in [3.8, 4) is 0 Å². The summed E-state index contributed by atoms with van der Waals surface area (Å²) in [5.41, 5.74) is 0.0986. The predicted molar refractivity (Wildman–Crippen MR) is 139 cm³/mol. The number of hydrogen-bond donors (Lipinski definition) is 1. The second kappa shape index (κ2) is 16.2. The standard InChI is InChI=1S/C29H57NO/c1-7-8-9-10-11-12-13-14-15-16-17-18-19-20-21-22-23-24-31-27-25-28(3,4)30-29(5,6)26(27)2/h25-26,30H,7-24H2,1-6H3. The van der Waals surface area contributed by atoms with Crippen LogP contribution in [0.3, 0.4) is 0 Å². The van der Waals surface area contributed by atoms with Gasteiger partial charge in [0.15, 0.2) is 0 Å². The van der Waals surface area contributed by atoms with Crippen molar-refractivity contribution in [2.45, 2.75) is 162 Å². The number of rotatable bonds is 19. The Labute approximate surface area is 196 Å². The van der Waals surface area contributed by atoms with E-state index in [1.807, 2.05) is 0 Å². The lowest BCUT2D eigenvalue weighted by atomic mass is 9.79. The van der Waals surface area contributed by atoms with Crippen LogP contribution in [0.15, 0.2) is 11.8 Å². The molecule has 1 rings (SSSR count). The average Bonchev–Trinajstić information content (AvgIpc) is 2.69. The highest BCUT2D eigenvalue weighted by Crippen LogP contribution is 2.33. The molecule has 1 N–H and O–H groups in total. The Balaban J connectivity index is 1.88. The fraction of sp³-hybridized carbons (Fsp3) is 0.931. The summed E-state index contributed by atoms with van der Waals surface area (Å²) in [5, 5.41) is 3.72. The SMILES string of the molecule is CCCCCCCCCCCCCCCCCCCOC1=CC(C)(C)NC(C)(C)C1C. The average molecular weight is 436 g/mol. The highest BCUT2D eigenvalue weighted by atomic mass is 16.5. The van der Waals surface area contributed by atoms with E-state index in [4.69, 9.17) is 4.74 Å². The molecule has 0 radical (unpaired) electrons. The molecule has 1 atom stereocenters. The van der Waals surface area contributed by atoms with Crippen molar-refractivity contribution in [2.75, 3.05) is 6.61 Å². The van der Waals surface area contributed by atoms with Gasteiger partial charge < -0.3 is 10.1 Å². The van der Waals surface area contributed by atoms with Crippen molar-refractivity contribution < 1.29 is 4.74 Å². The van der Waals surface area contributed by atoms with E-state index < -0.39 is 0 Å². The molecule has 1 heterocycles. The van der Waals surface area contributed by atoms with E-state index in [1.165, 1.54) is 115 Å². The normalized spacial score (nSPS) is 19.9. The summed E-state index contributed by atoms with van der Waals surface area (Å²) in [5.74, 6) is 1.61. The van der Waals surface area contributed by atoms with E-state index in [-0.39, 0.29) is 11.1 Å². The van der Waals surface area contributed by atoms with Gasteiger partial charge in [-0.15, -0.1) is 0 Å². The highest BCUT2D eigenvalue weighted by Gasteiger charge is 2.38. The summed E-state index contributed by atoms with van der Waals surface area (Å²) in [6.07, 6.45) is 26.4. The van der Waals surface area contributed by atoms with Gasteiger partial charge in [-0.05, 0) is 40.2 Å². The first-order valence-electron chi connectivity index (χ1n) is 13.9. The van der Waals surface area contributed by atoms with Crippen LogP contribution in [0, 0.1) is 5.92 Å². The molecule has 0 saturated carbocycles. The second-order valence-electron chi connectivity index (χ2n) is 11.3. The number of nitrogens with one attached hydrogen (secondary N) is 1. The number of hydrogen-bond acceptors (Lipinski definition) is 2. The van der Waals surface area contributed by atoms with Crippen LogP contribution in [0.1, 0.15) is 151 Å². The van der Waals surface area contributed by atoms with E-state index in [2.05, 4.69) is 52.9 Å². The largest absolute Gasteiger partial charge is 0.498 e. The molecule has 2 nitrogen and oxygen atoms in total. The Hall–Kier alpha value is -0.500. The highest BCUT2D eigenvalue weighted by molar-refractivity contribution is 5.19. The predicted octanol–water partition coefficient (Wildman–Crippen LogP) is 9.34. The van der Waals surface area contributed by atoms with Crippen molar-refractivity contribution in [1.82, 2.24) is 5.32 Å². The summed E-state index contributed by atoms with van der Waals surface area (Å²) in [6, 6.07) is 0. The minimum absolute atomic E-state index is 0.0135. The van der Waals surface area contributed by atoms with Crippen LogP contribution in [-0.4, -0.2) is 17.7 Å². The molecule has 1 aliphatic heterocycles. The topological polar surface area (TPSA) is 21.3 Å². The van der Waals surface area contributed by atoms with Gasteiger partial charge in [0.2, 0.25) is 0 Å². The Kier molecular flexibility index (Phi) is 14.9. The van der Waals surface area contributed by atoms with E-state index in [0.717, 1.165) is 6.61 Å². The molecular weight excluding hydrogens is 378 g/mol. The van der Waals surface area contributed by atoms with Gasteiger partial charge in [-0.25, -0.2) is 0 Å². The van der Waals surface area contributed by atoms with Gasteiger partial charge >= 0.3 is 0 Å². The molecule has 0 aromatic carbocycles. The molecule has 0 saturated heterocycles. The van der Waals surface area contributed by atoms with Crippen LogP contribution >= 0.6 is 0 Å². The summed E-state index contributed by atoms with van der Waals surface area (Å²) in [7, 11) is 0. The molecule has 0 fully saturated rings. The zero-order chi connectivity index (χ0) is 23.0. The molecule has 0 amide bonds. The van der Waals surface area contributed by atoms with Gasteiger partial charge in [0.1, 0.15) is 0 Å². The Morgan fingerprint density at radius 3 is 1.48 bits per heavy atom. The van der Waals surface area contributed by atoms with Crippen molar-refractivity contribution in [1.29, 1.82) is 0 Å². The van der Waals surface area contributed by atoms with Crippen LogP contribution in [-0.2, 0) is 4.74 Å². The molecule has 0 aliphatic carbocycles. The quantitative estimate of drug-likeness (QED) is 0.204. The molecule has 31 heavy (non-hydrogen) atoms. The third-order valence-corrected chi connectivity index (χ3v) is 7.17. The summed E-state index contributed by atoms with van der Waals surface area (Å²) in [6.45, 7) is 14.5. The number of ether oxygens (including phenoxy) is 1. The molecule has 2 heteroatoms. The molecule has 0 aromatic heterocycles. The first kappa shape index (κ1) is 28.5.